The van der Waals surface area contributed by atoms with E-state index in [0.717, 1.165) is 50.5 Å². The number of ether oxygens (including phenoxy) is 2. The van der Waals surface area contributed by atoms with Gasteiger partial charge in [0.05, 0.1) is 11.7 Å². The molecule has 4 fully saturated rings. The maximum atomic E-state index is 12.2. The lowest BCUT2D eigenvalue weighted by atomic mass is 9.42. The van der Waals surface area contributed by atoms with Crippen LogP contribution in [0.3, 0.4) is 0 Å². The SMILES string of the molecule is C[C@]12C(OC=O)C[C@@H](O)C[C@H]1CC[C@@H]1[C@@H]2CC[C@]2(C)[C@@H](C3=CC(=O)OC3)CC[C@]12O. The lowest BCUT2D eigenvalue weighted by Crippen LogP contribution is -2.65. The summed E-state index contributed by atoms with van der Waals surface area (Å²) in [6, 6.07) is 0. The summed E-state index contributed by atoms with van der Waals surface area (Å²) in [5.41, 5.74) is -0.237. The van der Waals surface area contributed by atoms with Crippen LogP contribution in [0, 0.1) is 34.5 Å². The minimum Gasteiger partial charge on any atom is -0.464 e. The molecule has 1 heterocycles. The average molecular weight is 419 g/mol. The summed E-state index contributed by atoms with van der Waals surface area (Å²) in [6.07, 6.45) is 7.53. The number of aliphatic hydroxyl groups is 2. The van der Waals surface area contributed by atoms with Crippen LogP contribution in [-0.2, 0) is 19.1 Å². The van der Waals surface area contributed by atoms with Crippen molar-refractivity contribution >= 4 is 12.4 Å². The van der Waals surface area contributed by atoms with Gasteiger partial charge in [0.1, 0.15) is 12.7 Å². The van der Waals surface area contributed by atoms with Gasteiger partial charge in [-0.2, -0.15) is 0 Å². The number of carbonyl (C=O) groups excluding carboxylic acids is 2. The molecule has 30 heavy (non-hydrogen) atoms. The third-order valence-electron chi connectivity index (χ3n) is 10.2. The number of esters is 1. The Hall–Kier alpha value is -1.40. The third-order valence-corrected chi connectivity index (χ3v) is 10.2. The van der Waals surface area contributed by atoms with E-state index >= 15 is 0 Å². The van der Waals surface area contributed by atoms with Crippen LogP contribution in [0.2, 0.25) is 0 Å². The van der Waals surface area contributed by atoms with Gasteiger partial charge in [0.2, 0.25) is 0 Å². The summed E-state index contributed by atoms with van der Waals surface area (Å²) in [5.74, 6) is 0.632. The van der Waals surface area contributed by atoms with Gasteiger partial charge in [0.25, 0.3) is 6.47 Å². The molecule has 2 N–H and O–H groups in total. The highest BCUT2D eigenvalue weighted by molar-refractivity contribution is 5.85. The molecule has 0 amide bonds. The molecule has 6 heteroatoms. The van der Waals surface area contributed by atoms with Crippen molar-refractivity contribution in [3.63, 3.8) is 0 Å². The Labute approximate surface area is 178 Å². The standard InChI is InChI=1S/C24H34O6/c1-22-7-5-18-19(24(22,28)8-6-17(22)14-9-21(27)29-12-14)4-3-15-10-16(26)11-20(30-13-25)23(15,18)2/h9,13,15-20,26,28H,3-8,10-12H2,1-2H3/t15-,16+,17-,18+,19-,20?,22-,23+,24+/m1/s1. The number of carbonyl (C=O) groups is 2. The molecule has 1 aliphatic heterocycles. The van der Waals surface area contributed by atoms with Gasteiger partial charge in [0.15, 0.2) is 0 Å². The highest BCUT2D eigenvalue weighted by Crippen LogP contribution is 2.70. The maximum Gasteiger partial charge on any atom is 0.331 e. The van der Waals surface area contributed by atoms with Crippen LogP contribution in [-0.4, -0.2) is 47.1 Å². The fourth-order valence-electron chi connectivity index (χ4n) is 8.69. The molecular weight excluding hydrogens is 384 g/mol. The minimum absolute atomic E-state index is 0.147. The molecule has 0 aromatic carbocycles. The fourth-order valence-corrected chi connectivity index (χ4v) is 8.69. The highest BCUT2D eigenvalue weighted by atomic mass is 16.5. The zero-order valence-electron chi connectivity index (χ0n) is 18.0. The van der Waals surface area contributed by atoms with Crippen LogP contribution < -0.4 is 0 Å². The van der Waals surface area contributed by atoms with E-state index in [0.29, 0.717) is 25.4 Å². The van der Waals surface area contributed by atoms with E-state index in [4.69, 9.17) is 9.47 Å². The number of hydrogen-bond donors (Lipinski definition) is 2. The zero-order chi connectivity index (χ0) is 21.3. The quantitative estimate of drug-likeness (QED) is 0.541. The number of cyclic esters (lactones) is 1. The van der Waals surface area contributed by atoms with Crippen molar-refractivity contribution in [1.29, 1.82) is 0 Å². The van der Waals surface area contributed by atoms with Crippen molar-refractivity contribution in [2.75, 3.05) is 6.61 Å². The van der Waals surface area contributed by atoms with Gasteiger partial charge in [0, 0.05) is 23.3 Å². The molecule has 1 unspecified atom stereocenters. The van der Waals surface area contributed by atoms with Crippen molar-refractivity contribution in [2.24, 2.45) is 34.5 Å². The molecule has 166 valence electrons. The Morgan fingerprint density at radius 1 is 1.13 bits per heavy atom. The van der Waals surface area contributed by atoms with Gasteiger partial charge in [-0.05, 0) is 74.2 Å². The molecule has 0 radical (unpaired) electrons. The molecule has 0 bridgehead atoms. The van der Waals surface area contributed by atoms with Crippen LogP contribution in [0.1, 0.15) is 65.2 Å². The molecule has 4 saturated carbocycles. The predicted molar refractivity (Wildman–Crippen MR) is 108 cm³/mol. The van der Waals surface area contributed by atoms with Crippen molar-refractivity contribution in [2.45, 2.75) is 83.0 Å². The van der Waals surface area contributed by atoms with E-state index in [1.807, 2.05) is 0 Å². The van der Waals surface area contributed by atoms with E-state index in [9.17, 15) is 19.8 Å². The maximum absolute atomic E-state index is 12.2. The Morgan fingerprint density at radius 2 is 1.93 bits per heavy atom. The van der Waals surface area contributed by atoms with Crippen molar-refractivity contribution in [3.05, 3.63) is 11.6 Å². The van der Waals surface area contributed by atoms with E-state index in [1.54, 1.807) is 6.08 Å². The summed E-state index contributed by atoms with van der Waals surface area (Å²) in [7, 11) is 0. The van der Waals surface area contributed by atoms with Crippen molar-refractivity contribution in [1.82, 2.24) is 0 Å². The number of fused-ring (bicyclic) bond motifs is 5. The molecule has 0 saturated heterocycles. The Morgan fingerprint density at radius 3 is 2.63 bits per heavy atom. The smallest absolute Gasteiger partial charge is 0.331 e. The first kappa shape index (κ1) is 20.5. The van der Waals surface area contributed by atoms with Crippen LogP contribution in [0.5, 0.6) is 0 Å². The molecule has 9 atom stereocenters. The van der Waals surface area contributed by atoms with E-state index in [-0.39, 0.29) is 40.7 Å². The molecule has 5 rings (SSSR count). The highest BCUT2D eigenvalue weighted by Gasteiger charge is 2.69. The van der Waals surface area contributed by atoms with E-state index in [1.165, 1.54) is 0 Å². The molecule has 6 nitrogen and oxygen atoms in total. The lowest BCUT2D eigenvalue weighted by Gasteiger charge is -2.64. The number of aliphatic hydroxyl groups excluding tert-OH is 1. The van der Waals surface area contributed by atoms with Crippen LogP contribution >= 0.6 is 0 Å². The molecule has 5 aliphatic rings. The van der Waals surface area contributed by atoms with Crippen molar-refractivity contribution < 1.29 is 29.3 Å². The Bertz CT molecular complexity index is 778. The Balaban J connectivity index is 1.49. The molecular formula is C24H34O6. The first-order valence-electron chi connectivity index (χ1n) is 11.6. The van der Waals surface area contributed by atoms with Crippen LogP contribution in [0.4, 0.5) is 0 Å². The van der Waals surface area contributed by atoms with E-state index < -0.39 is 11.7 Å². The van der Waals surface area contributed by atoms with Crippen molar-refractivity contribution in [3.8, 4) is 0 Å². The fraction of sp³-hybridized carbons (Fsp3) is 0.833. The minimum atomic E-state index is -0.789. The first-order chi connectivity index (χ1) is 14.2. The van der Waals surface area contributed by atoms with Gasteiger partial charge in [-0.1, -0.05) is 13.8 Å². The van der Waals surface area contributed by atoms with E-state index in [2.05, 4.69) is 13.8 Å². The molecule has 0 aromatic rings. The molecule has 0 aromatic heterocycles. The van der Waals surface area contributed by atoms with Gasteiger partial charge in [-0.25, -0.2) is 4.79 Å². The summed E-state index contributed by atoms with van der Waals surface area (Å²) in [4.78, 5) is 23.0. The van der Waals surface area contributed by atoms with Gasteiger partial charge in [-0.15, -0.1) is 0 Å². The first-order valence-corrected chi connectivity index (χ1v) is 11.6. The molecule has 4 aliphatic carbocycles. The van der Waals surface area contributed by atoms with Gasteiger partial charge < -0.3 is 19.7 Å². The monoisotopic (exact) mass is 418 g/mol. The zero-order valence-corrected chi connectivity index (χ0v) is 18.0. The lowest BCUT2D eigenvalue weighted by molar-refractivity contribution is -0.234. The normalized spacial score (nSPS) is 52.5. The third kappa shape index (κ3) is 2.56. The second kappa shape index (κ2) is 6.80. The van der Waals surface area contributed by atoms with Gasteiger partial charge >= 0.3 is 5.97 Å². The van der Waals surface area contributed by atoms with Crippen LogP contribution in [0.15, 0.2) is 11.6 Å². The predicted octanol–water partition coefficient (Wildman–Crippen LogP) is 2.76. The summed E-state index contributed by atoms with van der Waals surface area (Å²) >= 11 is 0. The van der Waals surface area contributed by atoms with Gasteiger partial charge in [-0.3, -0.25) is 4.79 Å². The average Bonchev–Trinajstić information content (AvgIpc) is 3.23. The molecule has 0 spiro atoms. The topological polar surface area (TPSA) is 93.1 Å². The summed E-state index contributed by atoms with van der Waals surface area (Å²) in [5, 5.41) is 22.6. The largest absolute Gasteiger partial charge is 0.464 e. The number of hydrogen-bond acceptors (Lipinski definition) is 6. The summed E-state index contributed by atoms with van der Waals surface area (Å²) in [6.45, 7) is 5.34. The summed E-state index contributed by atoms with van der Waals surface area (Å²) < 4.78 is 10.8. The number of rotatable bonds is 3. The van der Waals surface area contributed by atoms with Crippen LogP contribution in [0.25, 0.3) is 0 Å². The second-order valence-corrected chi connectivity index (χ2v) is 11.0. The Kier molecular flexibility index (Phi) is 4.64. The second-order valence-electron chi connectivity index (χ2n) is 11.0.